The fourth-order valence-corrected chi connectivity index (χ4v) is 1.96. The van der Waals surface area contributed by atoms with Gasteiger partial charge in [0.1, 0.15) is 11.6 Å². The minimum Gasteiger partial charge on any atom is -0.497 e. The number of hydrogen-bond donors (Lipinski definition) is 1. The second-order valence-corrected chi connectivity index (χ2v) is 4.75. The Balaban J connectivity index is 2.18. The smallest absolute Gasteiger partial charge is 0.286 e. The van der Waals surface area contributed by atoms with Gasteiger partial charge in [0.2, 0.25) is 9.47 Å². The highest BCUT2D eigenvalue weighted by molar-refractivity contribution is 7.17. The summed E-state index contributed by atoms with van der Waals surface area (Å²) >= 11 is 6.50. The van der Waals surface area contributed by atoms with Crippen LogP contribution in [0.2, 0.25) is 4.47 Å². The molecule has 5 nitrogen and oxygen atoms in total. The van der Waals surface area contributed by atoms with Crippen LogP contribution in [0.25, 0.3) is 0 Å². The van der Waals surface area contributed by atoms with Gasteiger partial charge in [-0.2, -0.15) is 0 Å². The first-order valence-corrected chi connectivity index (χ1v) is 5.93. The lowest BCUT2D eigenvalue weighted by Gasteiger charge is -2.05. The van der Waals surface area contributed by atoms with Gasteiger partial charge < -0.3 is 10.1 Å². The van der Waals surface area contributed by atoms with E-state index in [0.717, 1.165) is 11.3 Å². The van der Waals surface area contributed by atoms with E-state index in [1.807, 2.05) is 0 Å². The van der Waals surface area contributed by atoms with Crippen molar-refractivity contribution in [1.29, 1.82) is 0 Å². The lowest BCUT2D eigenvalue weighted by atomic mass is 10.3. The van der Waals surface area contributed by atoms with Crippen LogP contribution in [0.15, 0.2) is 18.2 Å². The van der Waals surface area contributed by atoms with Gasteiger partial charge in [-0.1, -0.05) is 11.3 Å². The van der Waals surface area contributed by atoms with E-state index in [2.05, 4.69) is 15.5 Å². The number of nitrogens with one attached hydrogen (secondary N) is 1. The van der Waals surface area contributed by atoms with Crippen LogP contribution in [0.5, 0.6) is 5.75 Å². The van der Waals surface area contributed by atoms with Crippen molar-refractivity contribution in [3.05, 3.63) is 33.5 Å². The molecule has 0 radical (unpaired) electrons. The van der Waals surface area contributed by atoms with E-state index in [1.54, 1.807) is 0 Å². The van der Waals surface area contributed by atoms with Crippen molar-refractivity contribution in [2.24, 2.45) is 0 Å². The van der Waals surface area contributed by atoms with Crippen LogP contribution < -0.4 is 10.1 Å². The molecule has 0 aliphatic carbocycles. The summed E-state index contributed by atoms with van der Waals surface area (Å²) in [5, 5.41) is 9.66. The van der Waals surface area contributed by atoms with Crippen LogP contribution in [0.1, 0.15) is 9.80 Å². The first kappa shape index (κ1) is 12.7. The fourth-order valence-electron chi connectivity index (χ4n) is 1.23. The monoisotopic (exact) mass is 287 g/mol. The number of amides is 1. The van der Waals surface area contributed by atoms with Gasteiger partial charge in [-0.25, -0.2) is 4.39 Å². The van der Waals surface area contributed by atoms with E-state index < -0.39 is 11.7 Å². The Bertz CT molecular complexity index is 590. The Morgan fingerprint density at radius 2 is 2.22 bits per heavy atom. The fraction of sp³-hybridized carbons (Fsp3) is 0.100. The molecule has 2 rings (SSSR count). The van der Waals surface area contributed by atoms with Crippen molar-refractivity contribution in [3.63, 3.8) is 0 Å². The summed E-state index contributed by atoms with van der Waals surface area (Å²) in [5.41, 5.74) is 0.267. The number of methoxy groups -OCH3 is 1. The van der Waals surface area contributed by atoms with E-state index in [4.69, 9.17) is 16.3 Å². The molecule has 8 heteroatoms. The number of rotatable bonds is 3. The van der Waals surface area contributed by atoms with Crippen LogP contribution in [0.3, 0.4) is 0 Å². The predicted octanol–water partition coefficient (Wildman–Crippen LogP) is 2.59. The third-order valence-corrected chi connectivity index (χ3v) is 2.98. The summed E-state index contributed by atoms with van der Waals surface area (Å²) in [6.07, 6.45) is 0. The summed E-state index contributed by atoms with van der Waals surface area (Å²) in [4.78, 5) is 11.7. The molecule has 18 heavy (non-hydrogen) atoms. The molecule has 0 atom stereocenters. The van der Waals surface area contributed by atoms with Crippen LogP contribution in [0, 0.1) is 5.82 Å². The quantitative estimate of drug-likeness (QED) is 0.942. The molecular formula is C10H7ClFN3O2S. The molecule has 0 bridgehead atoms. The zero-order valence-corrected chi connectivity index (χ0v) is 10.7. The third kappa shape index (κ3) is 2.93. The van der Waals surface area contributed by atoms with Crippen molar-refractivity contribution >= 4 is 34.5 Å². The molecule has 0 saturated carbocycles. The minimum absolute atomic E-state index is 0.100. The number of ether oxygens (including phenoxy) is 1. The number of nitrogens with zero attached hydrogens (tertiary/aromatic N) is 2. The Morgan fingerprint density at radius 3 is 2.83 bits per heavy atom. The summed E-state index contributed by atoms with van der Waals surface area (Å²) in [6.45, 7) is 0. The van der Waals surface area contributed by atoms with Gasteiger partial charge in [-0.15, -0.1) is 10.2 Å². The highest BCUT2D eigenvalue weighted by Crippen LogP contribution is 2.21. The summed E-state index contributed by atoms with van der Waals surface area (Å²) in [5.74, 6) is -0.715. The maximum atomic E-state index is 13.2. The van der Waals surface area contributed by atoms with E-state index in [0.29, 0.717) is 5.75 Å². The SMILES string of the molecule is COc1cc(F)cc(NC(=O)c2nnc(Cl)s2)c1. The maximum Gasteiger partial charge on any atom is 0.286 e. The van der Waals surface area contributed by atoms with E-state index in [-0.39, 0.29) is 15.2 Å². The Morgan fingerprint density at radius 1 is 1.44 bits per heavy atom. The molecule has 2 aromatic rings. The van der Waals surface area contributed by atoms with Gasteiger partial charge in [0.05, 0.1) is 7.11 Å². The molecule has 0 spiro atoms. The Kier molecular flexibility index (Phi) is 3.73. The number of carbonyl (C=O) groups is 1. The van der Waals surface area contributed by atoms with Gasteiger partial charge in [-0.05, 0) is 17.7 Å². The molecular weight excluding hydrogens is 281 g/mol. The zero-order valence-electron chi connectivity index (χ0n) is 9.11. The first-order valence-electron chi connectivity index (χ1n) is 4.73. The highest BCUT2D eigenvalue weighted by atomic mass is 35.5. The average molecular weight is 288 g/mol. The molecule has 0 aliphatic rings. The van der Waals surface area contributed by atoms with Crippen molar-refractivity contribution in [3.8, 4) is 5.75 Å². The molecule has 1 heterocycles. The second kappa shape index (κ2) is 5.28. The van der Waals surface area contributed by atoms with Gasteiger partial charge in [0.25, 0.3) is 5.91 Å². The molecule has 94 valence electrons. The minimum atomic E-state index is -0.514. The van der Waals surface area contributed by atoms with Gasteiger partial charge in [0, 0.05) is 17.8 Å². The summed E-state index contributed by atoms with van der Waals surface area (Å²) in [6, 6.07) is 3.87. The van der Waals surface area contributed by atoms with Gasteiger partial charge in [-0.3, -0.25) is 4.79 Å². The molecule has 0 aliphatic heterocycles. The number of aromatic nitrogens is 2. The largest absolute Gasteiger partial charge is 0.497 e. The highest BCUT2D eigenvalue weighted by Gasteiger charge is 2.13. The Hall–Kier alpha value is -1.73. The zero-order chi connectivity index (χ0) is 13.1. The first-order chi connectivity index (χ1) is 8.58. The second-order valence-electron chi connectivity index (χ2n) is 3.19. The molecule has 0 fully saturated rings. The molecule has 1 N–H and O–H groups in total. The number of carbonyl (C=O) groups excluding carboxylic acids is 1. The number of hydrogen-bond acceptors (Lipinski definition) is 5. The van der Waals surface area contributed by atoms with Gasteiger partial charge in [0.15, 0.2) is 0 Å². The number of anilines is 1. The van der Waals surface area contributed by atoms with E-state index in [9.17, 15) is 9.18 Å². The average Bonchev–Trinajstić information content (AvgIpc) is 2.75. The topological polar surface area (TPSA) is 64.1 Å². The predicted molar refractivity (Wildman–Crippen MR) is 65.8 cm³/mol. The van der Waals surface area contributed by atoms with Crippen molar-refractivity contribution in [1.82, 2.24) is 10.2 Å². The van der Waals surface area contributed by atoms with Crippen LogP contribution in [0.4, 0.5) is 10.1 Å². The lowest BCUT2D eigenvalue weighted by molar-refractivity contribution is 0.102. The number of halogens is 2. The third-order valence-electron chi connectivity index (χ3n) is 1.96. The normalized spacial score (nSPS) is 10.2. The van der Waals surface area contributed by atoms with Crippen LogP contribution in [-0.2, 0) is 0 Å². The lowest BCUT2D eigenvalue weighted by Crippen LogP contribution is -2.11. The van der Waals surface area contributed by atoms with Gasteiger partial charge >= 0.3 is 0 Å². The standard InChI is InChI=1S/C10H7ClFN3O2S/c1-17-7-3-5(12)2-6(4-7)13-8(16)9-14-15-10(11)18-9/h2-4H,1H3,(H,13,16). The van der Waals surface area contributed by atoms with Crippen LogP contribution in [-0.4, -0.2) is 23.2 Å². The number of benzene rings is 1. The Labute approximate surface area is 111 Å². The molecule has 0 unspecified atom stereocenters. The molecule has 1 aromatic heterocycles. The van der Waals surface area contributed by atoms with Crippen molar-refractivity contribution in [2.75, 3.05) is 12.4 Å². The van der Waals surface area contributed by atoms with E-state index >= 15 is 0 Å². The van der Waals surface area contributed by atoms with Crippen molar-refractivity contribution in [2.45, 2.75) is 0 Å². The summed E-state index contributed by atoms with van der Waals surface area (Å²) in [7, 11) is 1.41. The molecule has 1 aromatic carbocycles. The van der Waals surface area contributed by atoms with Crippen molar-refractivity contribution < 1.29 is 13.9 Å². The van der Waals surface area contributed by atoms with E-state index in [1.165, 1.54) is 25.3 Å². The maximum absolute atomic E-state index is 13.2. The molecule has 1 amide bonds. The van der Waals surface area contributed by atoms with Crippen LogP contribution >= 0.6 is 22.9 Å². The molecule has 0 saturated heterocycles. The summed E-state index contributed by atoms with van der Waals surface area (Å²) < 4.78 is 18.2.